The predicted octanol–water partition coefficient (Wildman–Crippen LogP) is 2.32. The maximum Gasteiger partial charge on any atom is 0.255 e. The maximum absolute atomic E-state index is 12.5. The molecule has 0 spiro atoms. The van der Waals surface area contributed by atoms with Gasteiger partial charge in [-0.2, -0.15) is 0 Å². The van der Waals surface area contributed by atoms with Gasteiger partial charge in [0.25, 0.3) is 5.91 Å². The van der Waals surface area contributed by atoms with Gasteiger partial charge < -0.3 is 15.2 Å². The largest absolute Gasteiger partial charge is 0.325 e. The van der Waals surface area contributed by atoms with Crippen molar-refractivity contribution in [2.75, 3.05) is 16.4 Å². The fraction of sp³-hybridized carbons (Fsp3) is 0.238. The van der Waals surface area contributed by atoms with Crippen LogP contribution in [0.25, 0.3) is 0 Å². The van der Waals surface area contributed by atoms with Gasteiger partial charge in [-0.15, -0.1) is 10.2 Å². The summed E-state index contributed by atoms with van der Waals surface area (Å²) in [6.07, 6.45) is 2.26. The van der Waals surface area contributed by atoms with Crippen molar-refractivity contribution in [3.05, 3.63) is 59.9 Å². The van der Waals surface area contributed by atoms with Crippen LogP contribution in [0, 0.1) is 0 Å². The summed E-state index contributed by atoms with van der Waals surface area (Å²) in [6.45, 7) is 0. The normalized spacial score (nSPS) is 13.5. The van der Waals surface area contributed by atoms with Gasteiger partial charge in [-0.25, -0.2) is 13.6 Å². The van der Waals surface area contributed by atoms with E-state index in [2.05, 4.69) is 20.8 Å². The molecule has 0 saturated heterocycles. The van der Waals surface area contributed by atoms with Crippen LogP contribution in [0.15, 0.2) is 58.6 Å². The first kappa shape index (κ1) is 23.0. The summed E-state index contributed by atoms with van der Waals surface area (Å²) < 4.78 is 24.9. The van der Waals surface area contributed by atoms with Gasteiger partial charge in [-0.05, 0) is 55.3 Å². The zero-order valence-corrected chi connectivity index (χ0v) is 19.3. The summed E-state index contributed by atoms with van der Waals surface area (Å²) >= 11 is 1.31. The number of thioether (sulfide) groups is 1. The van der Waals surface area contributed by atoms with E-state index in [9.17, 15) is 18.0 Å². The van der Waals surface area contributed by atoms with Crippen molar-refractivity contribution in [2.45, 2.75) is 28.8 Å². The van der Waals surface area contributed by atoms with Gasteiger partial charge in [0.15, 0.2) is 5.16 Å². The second kappa shape index (κ2) is 9.33. The Balaban J connectivity index is 1.31. The van der Waals surface area contributed by atoms with E-state index < -0.39 is 15.9 Å². The highest BCUT2D eigenvalue weighted by atomic mass is 32.2. The van der Waals surface area contributed by atoms with Crippen molar-refractivity contribution in [1.29, 1.82) is 0 Å². The minimum atomic E-state index is -3.87. The summed E-state index contributed by atoms with van der Waals surface area (Å²) in [5, 5.41) is 19.6. The first-order chi connectivity index (χ1) is 15.7. The van der Waals surface area contributed by atoms with E-state index in [0.717, 1.165) is 18.7 Å². The number of sulfonamides is 1. The second-order valence-electron chi connectivity index (χ2n) is 7.62. The third-order valence-corrected chi connectivity index (χ3v) is 6.93. The van der Waals surface area contributed by atoms with Crippen molar-refractivity contribution in [3.63, 3.8) is 0 Å². The molecule has 1 aliphatic rings. The molecule has 172 valence electrons. The molecular weight excluding hydrogens is 464 g/mol. The molecule has 33 heavy (non-hydrogen) atoms. The Hall–Kier alpha value is -3.22. The molecule has 0 bridgehead atoms. The van der Waals surface area contributed by atoms with Crippen molar-refractivity contribution >= 4 is 45.0 Å². The van der Waals surface area contributed by atoms with Crippen LogP contribution in [0.4, 0.5) is 11.4 Å². The van der Waals surface area contributed by atoms with Crippen LogP contribution < -0.4 is 15.8 Å². The molecule has 0 aliphatic heterocycles. The fourth-order valence-electron chi connectivity index (χ4n) is 3.14. The van der Waals surface area contributed by atoms with Crippen LogP contribution in [0.1, 0.15) is 34.9 Å². The molecule has 1 fully saturated rings. The van der Waals surface area contributed by atoms with E-state index in [1.165, 1.54) is 30.0 Å². The van der Waals surface area contributed by atoms with Crippen LogP contribution in [0.5, 0.6) is 0 Å². The molecule has 4 N–H and O–H groups in total. The fourth-order valence-corrected chi connectivity index (χ4v) is 4.41. The summed E-state index contributed by atoms with van der Waals surface area (Å²) in [4.78, 5) is 24.7. The van der Waals surface area contributed by atoms with Gasteiger partial charge in [0.1, 0.15) is 5.82 Å². The first-order valence-corrected chi connectivity index (χ1v) is 12.6. The Bertz CT molecular complexity index is 1300. The first-order valence-electron chi connectivity index (χ1n) is 10.1. The lowest BCUT2D eigenvalue weighted by atomic mass is 10.2. The van der Waals surface area contributed by atoms with Gasteiger partial charge in [0.05, 0.1) is 10.6 Å². The molecule has 2 amide bonds. The van der Waals surface area contributed by atoms with Gasteiger partial charge in [-0.1, -0.05) is 17.8 Å². The number of benzene rings is 2. The molecular formula is C21H22N6O4S2. The average molecular weight is 487 g/mol. The van der Waals surface area contributed by atoms with Crippen LogP contribution in [0.3, 0.4) is 0 Å². The molecule has 0 radical (unpaired) electrons. The molecule has 0 unspecified atom stereocenters. The SMILES string of the molecule is Cn1c(SCC(=O)Nc2ccc(C(=O)Nc3cccc(S(N)(=O)=O)c3)cc2)nnc1C1CC1. The van der Waals surface area contributed by atoms with E-state index in [1.807, 2.05) is 11.6 Å². The summed E-state index contributed by atoms with van der Waals surface area (Å²) in [6, 6.07) is 12.0. The summed E-state index contributed by atoms with van der Waals surface area (Å²) in [5.41, 5.74) is 1.19. The zero-order valence-electron chi connectivity index (χ0n) is 17.7. The molecule has 1 heterocycles. The summed E-state index contributed by atoms with van der Waals surface area (Å²) in [7, 11) is -1.96. The average Bonchev–Trinajstić information content (AvgIpc) is 3.55. The summed E-state index contributed by atoms with van der Waals surface area (Å²) in [5.74, 6) is 0.998. The molecule has 4 rings (SSSR count). The zero-order chi connectivity index (χ0) is 23.6. The number of nitrogens with two attached hydrogens (primary N) is 1. The van der Waals surface area contributed by atoms with Gasteiger partial charge in [-0.3, -0.25) is 9.59 Å². The maximum atomic E-state index is 12.5. The quantitative estimate of drug-likeness (QED) is 0.414. The highest BCUT2D eigenvalue weighted by Gasteiger charge is 2.29. The lowest BCUT2D eigenvalue weighted by Crippen LogP contribution is -2.16. The van der Waals surface area contributed by atoms with Crippen LogP contribution in [0.2, 0.25) is 0 Å². The highest BCUT2D eigenvalue weighted by Crippen LogP contribution is 2.39. The number of nitrogens with one attached hydrogen (secondary N) is 2. The third kappa shape index (κ3) is 5.78. The van der Waals surface area contributed by atoms with Gasteiger partial charge in [0.2, 0.25) is 15.9 Å². The van der Waals surface area contributed by atoms with Crippen molar-refractivity contribution < 1.29 is 18.0 Å². The van der Waals surface area contributed by atoms with Crippen molar-refractivity contribution in [1.82, 2.24) is 14.8 Å². The van der Waals surface area contributed by atoms with E-state index in [4.69, 9.17) is 5.14 Å². The molecule has 12 heteroatoms. The Morgan fingerprint density at radius 1 is 1.09 bits per heavy atom. The number of nitrogens with zero attached hydrogens (tertiary/aromatic N) is 3. The minimum Gasteiger partial charge on any atom is -0.325 e. The van der Waals surface area contributed by atoms with Crippen LogP contribution in [-0.4, -0.2) is 40.7 Å². The number of primary sulfonamides is 1. The number of hydrogen-bond acceptors (Lipinski definition) is 7. The lowest BCUT2D eigenvalue weighted by Gasteiger charge is -2.08. The third-order valence-electron chi connectivity index (χ3n) is 4.99. The van der Waals surface area contributed by atoms with E-state index in [1.54, 1.807) is 30.3 Å². The van der Waals surface area contributed by atoms with Gasteiger partial charge in [0, 0.05) is 29.9 Å². The van der Waals surface area contributed by atoms with Crippen LogP contribution >= 0.6 is 11.8 Å². The van der Waals surface area contributed by atoms with E-state index >= 15 is 0 Å². The van der Waals surface area contributed by atoms with E-state index in [-0.39, 0.29) is 16.6 Å². The number of anilines is 2. The Kier molecular flexibility index (Phi) is 6.49. The predicted molar refractivity (Wildman–Crippen MR) is 125 cm³/mol. The minimum absolute atomic E-state index is 0.0960. The van der Waals surface area contributed by atoms with Crippen molar-refractivity contribution in [2.24, 2.45) is 12.2 Å². The Morgan fingerprint density at radius 2 is 1.82 bits per heavy atom. The van der Waals surface area contributed by atoms with Gasteiger partial charge >= 0.3 is 0 Å². The number of rotatable bonds is 8. The van der Waals surface area contributed by atoms with Crippen LogP contribution in [-0.2, 0) is 21.9 Å². The number of carbonyl (C=O) groups is 2. The molecule has 1 aliphatic carbocycles. The topological polar surface area (TPSA) is 149 Å². The van der Waals surface area contributed by atoms with Crippen molar-refractivity contribution in [3.8, 4) is 0 Å². The number of amides is 2. The molecule has 2 aromatic carbocycles. The highest BCUT2D eigenvalue weighted by molar-refractivity contribution is 7.99. The lowest BCUT2D eigenvalue weighted by molar-refractivity contribution is -0.113. The monoisotopic (exact) mass is 486 g/mol. The molecule has 3 aromatic rings. The number of aromatic nitrogens is 3. The number of carbonyl (C=O) groups excluding carboxylic acids is 2. The standard InChI is InChI=1S/C21H22N6O4S2/c1-27-19(13-5-6-13)25-26-21(27)32-12-18(28)23-15-9-7-14(8-10-15)20(29)24-16-3-2-4-17(11-16)33(22,30)31/h2-4,7-11,13H,5-6,12H2,1H3,(H,23,28)(H,24,29)(H2,22,30,31). The Morgan fingerprint density at radius 3 is 2.48 bits per heavy atom. The molecule has 0 atom stereocenters. The number of hydrogen-bond donors (Lipinski definition) is 3. The van der Waals surface area contributed by atoms with E-state index in [0.29, 0.717) is 28.0 Å². The Labute approximate surface area is 195 Å². The molecule has 1 aromatic heterocycles. The smallest absolute Gasteiger partial charge is 0.255 e. The molecule has 10 nitrogen and oxygen atoms in total. The second-order valence-corrected chi connectivity index (χ2v) is 10.1. The molecule has 1 saturated carbocycles.